The first-order chi connectivity index (χ1) is 30.9. The van der Waals surface area contributed by atoms with Crippen LogP contribution in [0.3, 0.4) is 0 Å². The number of amides is 7. The van der Waals surface area contributed by atoms with Crippen LogP contribution in [0.5, 0.6) is 0 Å². The molecule has 1 saturated carbocycles. The Morgan fingerprint density at radius 3 is 2.15 bits per heavy atom. The first kappa shape index (κ1) is 51.4. The van der Waals surface area contributed by atoms with Crippen molar-refractivity contribution in [2.45, 2.75) is 114 Å². The molecule has 22 heteroatoms. The van der Waals surface area contributed by atoms with Crippen LogP contribution in [-0.4, -0.2) is 132 Å². The molecule has 2 aliphatic rings. The standard InChI is InChI=1S/C43H59F3N10O9/c1-5-13-28(35(65-42(64)43(44,45)46)40(62)50-24-32(57)54-34(41(63)56(3)4)26-17-11-8-12-18-26)51-36(58)27-21-48-22-30(27)53-37(59)29(14-6-2)52-39(61)33(25-15-9-7-10-16-25)55-38(60)31-23-47-19-20-49-31/h8,11-12,17-20,23,25,27-30,33-35,48H,5-7,9-10,13-16,21-22,24H2,1-4H3,(H,50,62)(H,51,58)(H,52,61)(H,53,59)(H,54,57)(H,55,60)/t27-,28-,29-,30-,33-,34-,35?/m0/s1. The molecule has 2 fully saturated rings. The minimum atomic E-state index is -5.53. The number of ether oxygens (including phenoxy) is 1. The third kappa shape index (κ3) is 15.2. The van der Waals surface area contributed by atoms with Crippen molar-refractivity contribution in [1.29, 1.82) is 0 Å². The zero-order valence-electron chi connectivity index (χ0n) is 36.9. The summed E-state index contributed by atoms with van der Waals surface area (Å²) in [6.07, 6.45) is 0.966. The summed E-state index contributed by atoms with van der Waals surface area (Å²) in [5, 5.41) is 18.6. The van der Waals surface area contributed by atoms with E-state index in [0.717, 1.165) is 19.3 Å². The van der Waals surface area contributed by atoms with E-state index in [1.807, 2.05) is 0 Å². The predicted molar refractivity (Wildman–Crippen MR) is 227 cm³/mol. The van der Waals surface area contributed by atoms with Crippen molar-refractivity contribution < 1.29 is 56.3 Å². The van der Waals surface area contributed by atoms with Gasteiger partial charge in [-0.25, -0.2) is 9.78 Å². The summed E-state index contributed by atoms with van der Waals surface area (Å²) in [5.74, 6) is -9.31. The second kappa shape index (κ2) is 24.8. The van der Waals surface area contributed by atoms with Crippen molar-refractivity contribution >= 4 is 47.3 Å². The zero-order chi connectivity index (χ0) is 47.7. The van der Waals surface area contributed by atoms with E-state index < -0.39 is 102 Å². The molecule has 2 heterocycles. The molecule has 1 unspecified atom stereocenters. The van der Waals surface area contributed by atoms with Crippen LogP contribution in [0.15, 0.2) is 48.9 Å². The van der Waals surface area contributed by atoms with Gasteiger partial charge in [0.05, 0.1) is 30.7 Å². The summed E-state index contributed by atoms with van der Waals surface area (Å²) < 4.78 is 45.3. The number of halogens is 3. The van der Waals surface area contributed by atoms with E-state index >= 15 is 0 Å². The summed E-state index contributed by atoms with van der Waals surface area (Å²) in [4.78, 5) is 116. The molecule has 2 aromatic rings. The number of alkyl halides is 3. The van der Waals surface area contributed by atoms with E-state index in [-0.39, 0.29) is 44.0 Å². The van der Waals surface area contributed by atoms with Gasteiger partial charge in [-0.3, -0.25) is 38.5 Å². The summed E-state index contributed by atoms with van der Waals surface area (Å²) >= 11 is 0. The number of carbonyl (C=O) groups is 8. The van der Waals surface area contributed by atoms with Gasteiger partial charge in [0.25, 0.3) is 11.8 Å². The minimum Gasteiger partial charge on any atom is -0.443 e. The van der Waals surface area contributed by atoms with Crippen LogP contribution < -0.4 is 37.2 Å². The molecular weight excluding hydrogens is 858 g/mol. The van der Waals surface area contributed by atoms with Crippen LogP contribution in [0, 0.1) is 11.8 Å². The quantitative estimate of drug-likeness (QED) is 0.0865. The van der Waals surface area contributed by atoms with Crippen molar-refractivity contribution in [3.05, 3.63) is 60.2 Å². The van der Waals surface area contributed by atoms with Gasteiger partial charge in [0, 0.05) is 39.6 Å². The van der Waals surface area contributed by atoms with Crippen molar-refractivity contribution in [1.82, 2.24) is 52.1 Å². The van der Waals surface area contributed by atoms with E-state index in [1.165, 1.54) is 37.6 Å². The molecule has 356 valence electrons. The van der Waals surface area contributed by atoms with Crippen molar-refractivity contribution in [3.63, 3.8) is 0 Å². The molecule has 65 heavy (non-hydrogen) atoms. The van der Waals surface area contributed by atoms with Crippen LogP contribution >= 0.6 is 0 Å². The van der Waals surface area contributed by atoms with Gasteiger partial charge in [-0.2, -0.15) is 13.2 Å². The maximum absolute atomic E-state index is 13.9. The minimum absolute atomic E-state index is 0.00772. The number of esters is 1. The molecule has 1 aromatic carbocycles. The third-order valence-corrected chi connectivity index (χ3v) is 11.1. The van der Waals surface area contributed by atoms with Crippen LogP contribution in [0.2, 0.25) is 0 Å². The van der Waals surface area contributed by atoms with Crippen molar-refractivity contribution in [3.8, 4) is 0 Å². The number of rotatable bonds is 21. The molecule has 1 saturated heterocycles. The molecule has 7 amide bonds. The molecule has 1 aliphatic heterocycles. The van der Waals surface area contributed by atoms with Crippen molar-refractivity contribution in [2.75, 3.05) is 33.7 Å². The fourth-order valence-electron chi connectivity index (χ4n) is 7.78. The van der Waals surface area contributed by atoms with Crippen LogP contribution in [0.1, 0.15) is 93.7 Å². The molecule has 4 rings (SSSR count). The van der Waals surface area contributed by atoms with Gasteiger partial charge in [-0.15, -0.1) is 0 Å². The molecule has 1 aromatic heterocycles. The highest BCUT2D eigenvalue weighted by molar-refractivity contribution is 5.97. The summed E-state index contributed by atoms with van der Waals surface area (Å²) in [5.41, 5.74) is 0.433. The zero-order valence-corrected chi connectivity index (χ0v) is 36.9. The van der Waals surface area contributed by atoms with E-state index in [9.17, 15) is 51.5 Å². The molecule has 7 N–H and O–H groups in total. The second-order valence-corrected chi connectivity index (χ2v) is 16.3. The summed E-state index contributed by atoms with van der Waals surface area (Å²) in [7, 11) is 2.94. The van der Waals surface area contributed by atoms with Gasteiger partial charge in [-0.1, -0.05) is 76.3 Å². The number of hydrogen-bond acceptors (Lipinski definition) is 12. The lowest BCUT2D eigenvalue weighted by Gasteiger charge is -2.32. The van der Waals surface area contributed by atoms with Crippen LogP contribution in [0.25, 0.3) is 0 Å². The number of aromatic nitrogens is 2. The number of nitrogens with one attached hydrogen (secondary N) is 7. The van der Waals surface area contributed by atoms with E-state index in [0.29, 0.717) is 24.8 Å². The molecule has 19 nitrogen and oxygen atoms in total. The Balaban J connectivity index is 1.47. The maximum atomic E-state index is 13.9. The highest BCUT2D eigenvalue weighted by atomic mass is 19.4. The first-order valence-corrected chi connectivity index (χ1v) is 21.7. The molecule has 0 radical (unpaired) electrons. The van der Waals surface area contributed by atoms with Gasteiger partial charge in [0.2, 0.25) is 29.5 Å². The van der Waals surface area contributed by atoms with Gasteiger partial charge < -0.3 is 46.9 Å². The lowest BCUT2D eigenvalue weighted by atomic mass is 9.83. The normalized spacial score (nSPS) is 18.6. The van der Waals surface area contributed by atoms with E-state index in [4.69, 9.17) is 0 Å². The molecule has 0 bridgehead atoms. The van der Waals surface area contributed by atoms with E-state index in [2.05, 4.69) is 51.9 Å². The Bertz CT molecular complexity index is 1960. The maximum Gasteiger partial charge on any atom is 0.490 e. The number of nitrogens with zero attached hydrogens (tertiary/aromatic N) is 3. The SMILES string of the molecule is CCC[C@H](NC(=O)[C@@H](NC(=O)c1cnccn1)C1CCCCC1)C(=O)N[C@H]1CNC[C@@H]1C(=O)N[C@@H](CCC)C(OC(=O)C(F)(F)F)C(=O)NCC(=O)N[C@H](C(=O)N(C)C)c1ccccc1. The first-order valence-electron chi connectivity index (χ1n) is 21.7. The fraction of sp³-hybridized carbons (Fsp3) is 0.581. The third-order valence-electron chi connectivity index (χ3n) is 11.1. The lowest BCUT2D eigenvalue weighted by molar-refractivity contribution is -0.206. The average molecular weight is 917 g/mol. The Labute approximate surface area is 374 Å². The number of hydrogen-bond donors (Lipinski definition) is 7. The number of likely N-dealkylation sites (N-methyl/N-ethyl adjacent to an activating group) is 1. The molecular formula is C43H59F3N10O9. The topological polar surface area (TPSA) is 259 Å². The van der Waals surface area contributed by atoms with Gasteiger partial charge in [0.15, 0.2) is 6.10 Å². The van der Waals surface area contributed by atoms with E-state index in [1.54, 1.807) is 44.2 Å². The molecule has 7 atom stereocenters. The summed E-state index contributed by atoms with van der Waals surface area (Å²) in [6.45, 7) is 2.64. The van der Waals surface area contributed by atoms with Gasteiger partial charge in [0.1, 0.15) is 23.8 Å². The molecule has 1 aliphatic carbocycles. The monoisotopic (exact) mass is 916 g/mol. The lowest BCUT2D eigenvalue weighted by Crippen LogP contribution is -2.59. The Morgan fingerprint density at radius 2 is 1.54 bits per heavy atom. The number of carbonyl (C=O) groups excluding carboxylic acids is 8. The molecule has 0 spiro atoms. The largest absolute Gasteiger partial charge is 0.490 e. The number of benzene rings is 1. The highest BCUT2D eigenvalue weighted by Crippen LogP contribution is 2.27. The average Bonchev–Trinajstić information content (AvgIpc) is 3.76. The van der Waals surface area contributed by atoms with Gasteiger partial charge >= 0.3 is 12.1 Å². The Morgan fingerprint density at radius 1 is 0.846 bits per heavy atom. The fourth-order valence-corrected chi connectivity index (χ4v) is 7.78. The van der Waals surface area contributed by atoms with Gasteiger partial charge in [-0.05, 0) is 37.2 Å². The van der Waals surface area contributed by atoms with Crippen molar-refractivity contribution in [2.24, 2.45) is 11.8 Å². The Hall–Kier alpha value is -6.19. The predicted octanol–water partition coefficient (Wildman–Crippen LogP) is 0.965. The smallest absolute Gasteiger partial charge is 0.443 e. The highest BCUT2D eigenvalue weighted by Gasteiger charge is 2.46. The second-order valence-electron chi connectivity index (χ2n) is 16.3. The van der Waals surface area contributed by atoms with Crippen LogP contribution in [0.4, 0.5) is 13.2 Å². The Kier molecular flexibility index (Phi) is 19.6. The summed E-state index contributed by atoms with van der Waals surface area (Å²) in [6, 6.07) is 2.49. The van der Waals surface area contributed by atoms with Crippen LogP contribution in [-0.2, 0) is 38.3 Å².